The fourth-order valence-electron chi connectivity index (χ4n) is 2.44. The summed E-state index contributed by atoms with van der Waals surface area (Å²) in [4.78, 5) is 28.2. The fourth-order valence-corrected chi connectivity index (χ4v) is 3.26. The van der Waals surface area contributed by atoms with Gasteiger partial charge in [0.2, 0.25) is 11.0 Å². The van der Waals surface area contributed by atoms with Crippen LogP contribution in [-0.4, -0.2) is 79.0 Å². The molecule has 1 amide bonds. The molecule has 12 heteroatoms. The van der Waals surface area contributed by atoms with E-state index in [0.717, 1.165) is 5.13 Å². The molecular formula is C15H22N8O3S. The summed E-state index contributed by atoms with van der Waals surface area (Å²) in [6.45, 7) is 9.47. The molecule has 27 heavy (non-hydrogen) atoms. The minimum absolute atomic E-state index is 0.0558. The van der Waals surface area contributed by atoms with Gasteiger partial charge in [-0.3, -0.25) is 4.79 Å². The molecule has 3 rings (SSSR count). The minimum Gasteiger partial charge on any atom is -0.444 e. The third-order valence-electron chi connectivity index (χ3n) is 3.62. The highest BCUT2D eigenvalue weighted by molar-refractivity contribution is 7.18. The van der Waals surface area contributed by atoms with E-state index < -0.39 is 5.60 Å². The average Bonchev–Trinajstić information content (AvgIpc) is 3.22. The molecule has 2 aromatic heterocycles. The number of hydrogen-bond acceptors (Lipinski definition) is 10. The molecule has 0 aliphatic carbocycles. The van der Waals surface area contributed by atoms with Gasteiger partial charge in [-0.05, 0) is 32.9 Å². The molecule has 0 saturated carbocycles. The van der Waals surface area contributed by atoms with Crippen LogP contribution in [0.2, 0.25) is 0 Å². The maximum absolute atomic E-state index is 12.1. The minimum atomic E-state index is -0.505. The lowest BCUT2D eigenvalue weighted by Crippen LogP contribution is -2.50. The molecule has 0 spiro atoms. The van der Waals surface area contributed by atoms with Gasteiger partial charge in [0.05, 0.1) is 0 Å². The van der Waals surface area contributed by atoms with Gasteiger partial charge in [-0.15, -0.1) is 20.4 Å². The van der Waals surface area contributed by atoms with Crippen LogP contribution in [0.5, 0.6) is 0 Å². The van der Waals surface area contributed by atoms with Crippen molar-refractivity contribution in [3.63, 3.8) is 0 Å². The zero-order valence-electron chi connectivity index (χ0n) is 15.7. The SMILES string of the molecule is CC(=O)Cn1nnc(-c2nnc(N3CCN(C(=O)OC(C)(C)C)CC3)s2)n1. The van der Waals surface area contributed by atoms with Crippen molar-refractivity contribution in [2.24, 2.45) is 0 Å². The lowest BCUT2D eigenvalue weighted by molar-refractivity contribution is -0.117. The average molecular weight is 394 g/mol. The van der Waals surface area contributed by atoms with Gasteiger partial charge in [0.25, 0.3) is 0 Å². The van der Waals surface area contributed by atoms with E-state index in [-0.39, 0.29) is 18.4 Å². The lowest BCUT2D eigenvalue weighted by Gasteiger charge is -2.35. The highest BCUT2D eigenvalue weighted by Crippen LogP contribution is 2.27. The van der Waals surface area contributed by atoms with Crippen LogP contribution in [0.3, 0.4) is 0 Å². The van der Waals surface area contributed by atoms with Gasteiger partial charge in [0.1, 0.15) is 12.1 Å². The number of amides is 1. The predicted octanol–water partition coefficient (Wildman–Crippen LogP) is 0.838. The highest BCUT2D eigenvalue weighted by Gasteiger charge is 2.27. The first-order valence-corrected chi connectivity index (χ1v) is 9.37. The van der Waals surface area contributed by atoms with Gasteiger partial charge in [-0.25, -0.2) is 4.79 Å². The van der Waals surface area contributed by atoms with E-state index >= 15 is 0 Å². The zero-order valence-corrected chi connectivity index (χ0v) is 16.6. The number of ether oxygens (including phenoxy) is 1. The molecule has 1 fully saturated rings. The number of carbonyl (C=O) groups excluding carboxylic acids is 2. The molecule has 1 saturated heterocycles. The van der Waals surface area contributed by atoms with Crippen molar-refractivity contribution in [1.29, 1.82) is 0 Å². The van der Waals surface area contributed by atoms with Crippen molar-refractivity contribution < 1.29 is 14.3 Å². The smallest absolute Gasteiger partial charge is 0.410 e. The number of ketones is 1. The van der Waals surface area contributed by atoms with Gasteiger partial charge < -0.3 is 14.5 Å². The monoisotopic (exact) mass is 394 g/mol. The van der Waals surface area contributed by atoms with Gasteiger partial charge in [-0.2, -0.15) is 4.80 Å². The third-order valence-corrected chi connectivity index (χ3v) is 4.60. The van der Waals surface area contributed by atoms with Crippen molar-refractivity contribution in [1.82, 2.24) is 35.3 Å². The first-order valence-electron chi connectivity index (χ1n) is 8.55. The molecule has 0 radical (unpaired) electrons. The summed E-state index contributed by atoms with van der Waals surface area (Å²) < 4.78 is 5.40. The number of hydrogen-bond donors (Lipinski definition) is 0. The quantitative estimate of drug-likeness (QED) is 0.743. The normalized spacial score (nSPS) is 15.1. The van der Waals surface area contributed by atoms with Crippen LogP contribution in [0.1, 0.15) is 27.7 Å². The highest BCUT2D eigenvalue weighted by atomic mass is 32.1. The predicted molar refractivity (Wildman–Crippen MR) is 97.4 cm³/mol. The summed E-state index contributed by atoms with van der Waals surface area (Å²) in [5.41, 5.74) is -0.505. The Balaban J connectivity index is 1.59. The maximum Gasteiger partial charge on any atom is 0.410 e. The Labute approximate surface area is 160 Å². The van der Waals surface area contributed by atoms with Crippen molar-refractivity contribution in [3.05, 3.63) is 0 Å². The third kappa shape index (κ3) is 4.96. The van der Waals surface area contributed by atoms with E-state index in [9.17, 15) is 9.59 Å². The van der Waals surface area contributed by atoms with E-state index in [1.165, 1.54) is 23.1 Å². The second-order valence-electron chi connectivity index (χ2n) is 7.19. The number of piperazine rings is 1. The number of aromatic nitrogens is 6. The molecule has 0 unspecified atom stereocenters. The molecule has 0 bridgehead atoms. The lowest BCUT2D eigenvalue weighted by atomic mass is 10.2. The van der Waals surface area contributed by atoms with Crippen LogP contribution in [0.15, 0.2) is 0 Å². The van der Waals surface area contributed by atoms with E-state index in [2.05, 4.69) is 30.5 Å². The van der Waals surface area contributed by atoms with Gasteiger partial charge in [-0.1, -0.05) is 11.3 Å². The van der Waals surface area contributed by atoms with Gasteiger partial charge in [0.15, 0.2) is 10.8 Å². The molecule has 2 aromatic rings. The van der Waals surface area contributed by atoms with Crippen molar-refractivity contribution >= 4 is 28.3 Å². The van der Waals surface area contributed by atoms with Crippen LogP contribution in [0.25, 0.3) is 10.8 Å². The molecular weight excluding hydrogens is 372 g/mol. The molecule has 1 aliphatic heterocycles. The summed E-state index contributed by atoms with van der Waals surface area (Å²) in [6.07, 6.45) is -0.300. The van der Waals surface area contributed by atoms with E-state index in [1.54, 1.807) is 4.90 Å². The Hall–Kier alpha value is -2.63. The summed E-state index contributed by atoms with van der Waals surface area (Å²) >= 11 is 1.35. The first kappa shape index (κ1) is 19.1. The molecule has 3 heterocycles. The van der Waals surface area contributed by atoms with Crippen molar-refractivity contribution in [2.45, 2.75) is 39.8 Å². The number of nitrogens with zero attached hydrogens (tertiary/aromatic N) is 8. The summed E-state index contributed by atoms with van der Waals surface area (Å²) in [7, 11) is 0. The maximum atomic E-state index is 12.1. The second-order valence-corrected chi connectivity index (χ2v) is 8.15. The van der Waals surface area contributed by atoms with Gasteiger partial charge >= 0.3 is 6.09 Å². The molecule has 0 N–H and O–H groups in total. The van der Waals surface area contributed by atoms with Crippen molar-refractivity contribution in [2.75, 3.05) is 31.1 Å². The standard InChI is InChI=1S/C15H22N8O3S/c1-10(24)9-23-19-11(16-20-23)12-17-18-13(27-12)21-5-7-22(8-6-21)14(25)26-15(2,3)4/h5-9H2,1-4H3. The zero-order chi connectivity index (χ0) is 19.6. The van der Waals surface area contributed by atoms with Crippen LogP contribution < -0.4 is 4.90 Å². The molecule has 11 nitrogen and oxygen atoms in total. The Bertz CT molecular complexity index is 819. The van der Waals surface area contributed by atoms with Crippen LogP contribution in [-0.2, 0) is 16.1 Å². The number of tetrazole rings is 1. The Morgan fingerprint density at radius 2 is 1.81 bits per heavy atom. The Morgan fingerprint density at radius 3 is 2.44 bits per heavy atom. The second kappa shape index (κ2) is 7.55. The van der Waals surface area contributed by atoms with Crippen LogP contribution >= 0.6 is 11.3 Å². The summed E-state index contributed by atoms with van der Waals surface area (Å²) in [6, 6.07) is 0. The first-order chi connectivity index (χ1) is 12.7. The number of rotatable bonds is 4. The number of Topliss-reactive ketones (excluding diaryl/α,β-unsaturated/α-hetero) is 1. The Kier molecular flexibility index (Phi) is 5.35. The van der Waals surface area contributed by atoms with Crippen molar-refractivity contribution in [3.8, 4) is 10.8 Å². The number of anilines is 1. The van der Waals surface area contributed by atoms with E-state index in [0.29, 0.717) is 37.0 Å². The molecule has 0 aromatic carbocycles. The van der Waals surface area contributed by atoms with Crippen LogP contribution in [0, 0.1) is 0 Å². The summed E-state index contributed by atoms with van der Waals surface area (Å²) in [5.74, 6) is 0.284. The summed E-state index contributed by atoms with van der Waals surface area (Å²) in [5, 5.41) is 21.5. The molecule has 1 aliphatic rings. The van der Waals surface area contributed by atoms with E-state index in [4.69, 9.17) is 4.74 Å². The Morgan fingerprint density at radius 1 is 1.11 bits per heavy atom. The topological polar surface area (TPSA) is 119 Å². The van der Waals surface area contributed by atoms with Gasteiger partial charge in [0, 0.05) is 26.2 Å². The fraction of sp³-hybridized carbons (Fsp3) is 0.667. The molecule has 0 atom stereocenters. The largest absolute Gasteiger partial charge is 0.444 e. The van der Waals surface area contributed by atoms with Crippen LogP contribution in [0.4, 0.5) is 9.93 Å². The molecule has 146 valence electrons. The number of carbonyl (C=O) groups is 2. The van der Waals surface area contributed by atoms with E-state index in [1.807, 2.05) is 20.8 Å².